The molecular weight excluding hydrogens is 366 g/mol. The van der Waals surface area contributed by atoms with Gasteiger partial charge < -0.3 is 4.42 Å². The molecule has 4 rings (SSSR count). The van der Waals surface area contributed by atoms with E-state index in [1.165, 1.54) is 28.0 Å². The maximum absolute atomic E-state index is 13.1. The van der Waals surface area contributed by atoms with Crippen LogP contribution in [0.3, 0.4) is 0 Å². The summed E-state index contributed by atoms with van der Waals surface area (Å²) in [5.41, 5.74) is 2.14. The summed E-state index contributed by atoms with van der Waals surface area (Å²) in [5.74, 6) is 0.710. The average molecular weight is 381 g/mol. The second kappa shape index (κ2) is 6.97. The molecule has 2 amide bonds. The average Bonchev–Trinajstić information content (AvgIpc) is 3.36. The zero-order chi connectivity index (χ0) is 18.1. The molecule has 3 heterocycles. The van der Waals surface area contributed by atoms with Gasteiger partial charge >= 0.3 is 0 Å². The Morgan fingerprint density at radius 1 is 1.04 bits per heavy atom. The molecule has 1 aliphatic heterocycles. The highest BCUT2D eigenvalue weighted by atomic mass is 32.2. The summed E-state index contributed by atoms with van der Waals surface area (Å²) in [4.78, 5) is 28.7. The van der Waals surface area contributed by atoms with Crippen LogP contribution in [0.1, 0.15) is 16.2 Å². The Balaban J connectivity index is 1.71. The zero-order valence-corrected chi connectivity index (χ0v) is 15.6. The maximum Gasteiger partial charge on any atom is 0.272 e. The molecule has 26 heavy (non-hydrogen) atoms. The third-order valence-corrected chi connectivity index (χ3v) is 6.02. The predicted octanol–water partition coefficient (Wildman–Crippen LogP) is 4.87. The van der Waals surface area contributed by atoms with Crippen molar-refractivity contribution in [1.82, 2.24) is 0 Å². The lowest BCUT2D eigenvalue weighted by Gasteiger charge is -2.15. The van der Waals surface area contributed by atoms with Crippen LogP contribution in [-0.4, -0.2) is 11.8 Å². The molecule has 0 fully saturated rings. The Labute approximate surface area is 159 Å². The molecule has 0 aliphatic carbocycles. The van der Waals surface area contributed by atoms with Crippen molar-refractivity contribution >= 4 is 46.2 Å². The molecule has 6 heteroatoms. The van der Waals surface area contributed by atoms with Gasteiger partial charge in [0.1, 0.15) is 5.76 Å². The Morgan fingerprint density at radius 3 is 2.50 bits per heavy atom. The predicted molar refractivity (Wildman–Crippen MR) is 105 cm³/mol. The van der Waals surface area contributed by atoms with E-state index < -0.39 is 0 Å². The SMILES string of the molecule is Cc1ccc(N2C(=O)C(SCc3ccco3)=C(c3cccs3)C2=O)cc1. The quantitative estimate of drug-likeness (QED) is 0.592. The maximum atomic E-state index is 13.1. The van der Waals surface area contributed by atoms with Gasteiger partial charge in [-0.15, -0.1) is 23.1 Å². The topological polar surface area (TPSA) is 50.5 Å². The third-order valence-electron chi connectivity index (χ3n) is 4.04. The smallest absolute Gasteiger partial charge is 0.272 e. The molecule has 2 aromatic heterocycles. The molecule has 0 atom stereocenters. The van der Waals surface area contributed by atoms with Crippen LogP contribution in [0, 0.1) is 6.92 Å². The largest absolute Gasteiger partial charge is 0.468 e. The van der Waals surface area contributed by atoms with E-state index in [4.69, 9.17) is 4.42 Å². The van der Waals surface area contributed by atoms with Crippen LogP contribution in [0.5, 0.6) is 0 Å². The van der Waals surface area contributed by atoms with Crippen molar-refractivity contribution in [3.63, 3.8) is 0 Å². The molecule has 0 saturated carbocycles. The summed E-state index contributed by atoms with van der Waals surface area (Å²) in [6.45, 7) is 1.97. The summed E-state index contributed by atoms with van der Waals surface area (Å²) in [6, 6.07) is 14.8. The normalized spacial score (nSPS) is 14.6. The fourth-order valence-electron chi connectivity index (χ4n) is 2.75. The van der Waals surface area contributed by atoms with E-state index in [0.29, 0.717) is 21.9 Å². The van der Waals surface area contributed by atoms with E-state index in [9.17, 15) is 9.59 Å². The fraction of sp³-hybridized carbons (Fsp3) is 0.100. The molecule has 1 aromatic carbocycles. The number of nitrogens with zero attached hydrogens (tertiary/aromatic N) is 1. The molecule has 0 saturated heterocycles. The van der Waals surface area contributed by atoms with Gasteiger partial charge in [0.25, 0.3) is 11.8 Å². The van der Waals surface area contributed by atoms with Crippen LogP contribution < -0.4 is 4.90 Å². The fourth-order valence-corrected chi connectivity index (χ4v) is 4.59. The van der Waals surface area contributed by atoms with Crippen LogP contribution >= 0.6 is 23.1 Å². The highest BCUT2D eigenvalue weighted by Gasteiger charge is 2.40. The number of thiophene rings is 1. The van der Waals surface area contributed by atoms with E-state index in [1.54, 1.807) is 18.4 Å². The second-order valence-corrected chi connectivity index (χ2v) is 7.76. The first-order valence-corrected chi connectivity index (χ1v) is 9.90. The summed E-state index contributed by atoms with van der Waals surface area (Å²) < 4.78 is 5.36. The Hall–Kier alpha value is -2.57. The summed E-state index contributed by atoms with van der Waals surface area (Å²) in [5, 5.41) is 1.91. The number of hydrogen-bond acceptors (Lipinski definition) is 5. The summed E-state index contributed by atoms with van der Waals surface area (Å²) in [7, 11) is 0. The lowest BCUT2D eigenvalue weighted by Crippen LogP contribution is -2.31. The van der Waals surface area contributed by atoms with E-state index in [2.05, 4.69) is 0 Å². The van der Waals surface area contributed by atoms with E-state index in [0.717, 1.165) is 16.2 Å². The van der Waals surface area contributed by atoms with Gasteiger partial charge in [-0.25, -0.2) is 4.90 Å². The molecule has 130 valence electrons. The first kappa shape index (κ1) is 16.9. The molecule has 0 radical (unpaired) electrons. The number of rotatable bonds is 5. The molecule has 3 aromatic rings. The van der Waals surface area contributed by atoms with Crippen LogP contribution in [0.15, 0.2) is 69.5 Å². The van der Waals surface area contributed by atoms with Crippen molar-refractivity contribution in [2.45, 2.75) is 12.7 Å². The molecule has 4 nitrogen and oxygen atoms in total. The Kier molecular flexibility index (Phi) is 4.53. The lowest BCUT2D eigenvalue weighted by atomic mass is 10.2. The molecule has 0 unspecified atom stereocenters. The number of hydrogen-bond donors (Lipinski definition) is 0. The van der Waals surface area contributed by atoms with Gasteiger partial charge in [-0.2, -0.15) is 0 Å². The van der Waals surface area contributed by atoms with Gasteiger partial charge in [-0.3, -0.25) is 9.59 Å². The molecule has 0 bridgehead atoms. The third kappa shape index (κ3) is 3.02. The second-order valence-electron chi connectivity index (χ2n) is 5.83. The monoisotopic (exact) mass is 381 g/mol. The highest BCUT2D eigenvalue weighted by molar-refractivity contribution is 8.03. The number of anilines is 1. The number of amides is 2. The number of benzene rings is 1. The Morgan fingerprint density at radius 2 is 1.85 bits per heavy atom. The molecular formula is C20H15NO3S2. The van der Waals surface area contributed by atoms with Crippen molar-refractivity contribution < 1.29 is 14.0 Å². The number of aryl methyl sites for hydroxylation is 1. The number of thioether (sulfide) groups is 1. The van der Waals surface area contributed by atoms with Crippen LogP contribution in [-0.2, 0) is 15.3 Å². The van der Waals surface area contributed by atoms with Crippen LogP contribution in [0.2, 0.25) is 0 Å². The van der Waals surface area contributed by atoms with Gasteiger partial charge in [-0.05, 0) is 42.6 Å². The van der Waals surface area contributed by atoms with Crippen molar-refractivity contribution in [2.24, 2.45) is 0 Å². The van der Waals surface area contributed by atoms with Gasteiger partial charge in [0.2, 0.25) is 0 Å². The first-order chi connectivity index (χ1) is 12.6. The summed E-state index contributed by atoms with van der Waals surface area (Å²) >= 11 is 2.80. The van der Waals surface area contributed by atoms with Gasteiger partial charge in [-0.1, -0.05) is 23.8 Å². The van der Waals surface area contributed by atoms with E-state index >= 15 is 0 Å². The minimum Gasteiger partial charge on any atom is -0.468 e. The van der Waals surface area contributed by atoms with Crippen molar-refractivity contribution in [2.75, 3.05) is 4.90 Å². The minimum atomic E-state index is -0.279. The van der Waals surface area contributed by atoms with E-state index in [1.807, 2.05) is 48.7 Å². The Bertz CT molecular complexity index is 971. The lowest BCUT2D eigenvalue weighted by molar-refractivity contribution is -0.119. The van der Waals surface area contributed by atoms with Crippen molar-refractivity contribution in [3.05, 3.63) is 81.3 Å². The highest BCUT2D eigenvalue weighted by Crippen LogP contribution is 2.40. The van der Waals surface area contributed by atoms with Gasteiger partial charge in [0.15, 0.2) is 0 Å². The molecule has 1 aliphatic rings. The summed E-state index contributed by atoms with van der Waals surface area (Å²) in [6.07, 6.45) is 1.60. The van der Waals surface area contributed by atoms with E-state index in [-0.39, 0.29) is 11.8 Å². The molecule has 0 N–H and O–H groups in total. The number of furan rings is 1. The van der Waals surface area contributed by atoms with Crippen LogP contribution in [0.4, 0.5) is 5.69 Å². The number of carbonyl (C=O) groups is 2. The standard InChI is InChI=1S/C20H15NO3S2/c1-13-6-8-14(9-7-13)21-19(22)17(16-5-3-11-25-16)18(20(21)23)26-12-15-4-2-10-24-15/h2-11H,12H2,1H3. The van der Waals surface area contributed by atoms with Crippen molar-refractivity contribution in [3.8, 4) is 0 Å². The van der Waals surface area contributed by atoms with Crippen molar-refractivity contribution in [1.29, 1.82) is 0 Å². The van der Waals surface area contributed by atoms with Crippen LogP contribution in [0.25, 0.3) is 5.57 Å². The minimum absolute atomic E-state index is 0.275. The zero-order valence-electron chi connectivity index (χ0n) is 14.0. The number of imide groups is 1. The molecule has 0 spiro atoms. The first-order valence-electron chi connectivity index (χ1n) is 8.04. The number of carbonyl (C=O) groups excluding carboxylic acids is 2. The van der Waals surface area contributed by atoms with Gasteiger partial charge in [0.05, 0.1) is 28.2 Å². The van der Waals surface area contributed by atoms with Gasteiger partial charge in [0, 0.05) is 4.88 Å².